The Balaban J connectivity index is 1.49. The van der Waals surface area contributed by atoms with E-state index < -0.39 is 5.97 Å². The first-order valence-electron chi connectivity index (χ1n) is 7.75. The summed E-state index contributed by atoms with van der Waals surface area (Å²) in [6.07, 6.45) is 2.73. The summed E-state index contributed by atoms with van der Waals surface area (Å²) < 4.78 is 0. The van der Waals surface area contributed by atoms with Gasteiger partial charge in [-0.2, -0.15) is 0 Å². The molecule has 1 N–H and O–H groups in total. The summed E-state index contributed by atoms with van der Waals surface area (Å²) in [6.45, 7) is 6.61. The van der Waals surface area contributed by atoms with Crippen LogP contribution in [0.4, 0.5) is 5.82 Å². The molecule has 0 atom stereocenters. The molecule has 1 fully saturated rings. The number of nitrogens with zero attached hydrogens (tertiary/aromatic N) is 3. The lowest BCUT2D eigenvalue weighted by Crippen LogP contribution is -2.48. The number of thiazole rings is 1. The Hall–Kier alpha value is -1.99. The van der Waals surface area contributed by atoms with Crippen molar-refractivity contribution in [2.75, 3.05) is 37.6 Å². The van der Waals surface area contributed by atoms with Crippen LogP contribution in [0, 0.1) is 6.92 Å². The molecule has 122 valence electrons. The van der Waals surface area contributed by atoms with E-state index in [9.17, 15) is 9.90 Å². The van der Waals surface area contributed by atoms with E-state index in [-0.39, 0.29) is 4.88 Å². The van der Waals surface area contributed by atoms with Gasteiger partial charge in [0.05, 0.1) is 40.8 Å². The number of pyridine rings is 1. The number of piperazine rings is 1. The minimum atomic E-state index is -1.13. The van der Waals surface area contributed by atoms with Crippen molar-refractivity contribution in [3.05, 3.63) is 40.0 Å². The summed E-state index contributed by atoms with van der Waals surface area (Å²) in [5.41, 5.74) is 0.564. The highest BCUT2D eigenvalue weighted by Gasteiger charge is 2.23. The highest BCUT2D eigenvalue weighted by atomic mass is 32.1. The first-order valence-corrected chi connectivity index (χ1v) is 8.57. The van der Waals surface area contributed by atoms with Crippen LogP contribution in [0.15, 0.2) is 24.4 Å². The van der Waals surface area contributed by atoms with Crippen LogP contribution in [0.25, 0.3) is 0 Å². The highest BCUT2D eigenvalue weighted by Crippen LogP contribution is 2.18. The highest BCUT2D eigenvalue weighted by molar-refractivity contribution is 7.13. The molecule has 0 radical (unpaired) electrons. The number of H-pyrrole nitrogens is 1. The number of nitrogens with one attached hydrogen (secondary N) is 1. The zero-order chi connectivity index (χ0) is 16.2. The molecule has 0 bridgehead atoms. The first-order chi connectivity index (χ1) is 11.1. The largest absolute Gasteiger partial charge is 0.544 e. The third kappa shape index (κ3) is 3.86. The fourth-order valence-electron chi connectivity index (χ4n) is 2.80. The monoisotopic (exact) mass is 332 g/mol. The van der Waals surface area contributed by atoms with E-state index in [0.29, 0.717) is 5.69 Å². The number of aryl methyl sites for hydroxylation is 1. The van der Waals surface area contributed by atoms with Gasteiger partial charge in [-0.1, -0.05) is 6.07 Å². The number of hydrogen-bond acceptors (Lipinski definition) is 6. The molecule has 1 aliphatic rings. The van der Waals surface area contributed by atoms with E-state index in [1.54, 1.807) is 6.92 Å². The fourth-order valence-corrected chi connectivity index (χ4v) is 3.68. The number of hydrogen-bond donors (Lipinski definition) is 0. The normalized spacial score (nSPS) is 15.8. The maximum absolute atomic E-state index is 11.0. The molecule has 6 nitrogen and oxygen atoms in total. The average molecular weight is 332 g/mol. The van der Waals surface area contributed by atoms with Gasteiger partial charge in [0.2, 0.25) is 0 Å². The number of aromatic nitrogens is 2. The van der Waals surface area contributed by atoms with Crippen molar-refractivity contribution in [3.8, 4) is 0 Å². The van der Waals surface area contributed by atoms with Gasteiger partial charge < -0.3 is 9.90 Å². The third-order valence-corrected chi connectivity index (χ3v) is 5.27. The van der Waals surface area contributed by atoms with Gasteiger partial charge in [0.25, 0.3) is 5.82 Å². The average Bonchev–Trinajstić information content (AvgIpc) is 2.95. The molecule has 0 aliphatic carbocycles. The number of anilines is 1. The predicted molar refractivity (Wildman–Crippen MR) is 86.5 cm³/mol. The summed E-state index contributed by atoms with van der Waals surface area (Å²) in [4.78, 5) is 23.6. The molecule has 3 rings (SSSR count). The third-order valence-electron chi connectivity index (χ3n) is 4.07. The molecule has 23 heavy (non-hydrogen) atoms. The Kier molecular flexibility index (Phi) is 4.88. The van der Waals surface area contributed by atoms with Crippen LogP contribution in [0.5, 0.6) is 0 Å². The number of rotatable bonds is 5. The van der Waals surface area contributed by atoms with E-state index in [1.807, 2.05) is 18.3 Å². The van der Waals surface area contributed by atoms with Crippen molar-refractivity contribution in [1.29, 1.82) is 0 Å². The molecule has 2 aromatic heterocycles. The van der Waals surface area contributed by atoms with E-state index in [2.05, 4.69) is 25.8 Å². The molecule has 3 heterocycles. The molecule has 0 aromatic carbocycles. The molecule has 0 unspecified atom stereocenters. The number of aromatic amines is 1. The molecular formula is C16H20N4O2S. The van der Waals surface area contributed by atoms with Crippen molar-refractivity contribution in [1.82, 2.24) is 9.88 Å². The Morgan fingerprint density at radius 1 is 1.35 bits per heavy atom. The summed E-state index contributed by atoms with van der Waals surface area (Å²) in [7, 11) is 0. The Bertz CT molecular complexity index is 666. The van der Waals surface area contributed by atoms with E-state index in [0.717, 1.165) is 50.0 Å². The van der Waals surface area contributed by atoms with Crippen LogP contribution in [-0.2, 0) is 6.42 Å². The van der Waals surface area contributed by atoms with E-state index in [1.165, 1.54) is 11.3 Å². The summed E-state index contributed by atoms with van der Waals surface area (Å²) in [5.74, 6) is 0.0280. The molecular weight excluding hydrogens is 312 g/mol. The summed E-state index contributed by atoms with van der Waals surface area (Å²) in [5, 5.41) is 11.8. The maximum Gasteiger partial charge on any atom is 0.274 e. The summed E-state index contributed by atoms with van der Waals surface area (Å²) in [6, 6.07) is 6.12. The van der Waals surface area contributed by atoms with Crippen molar-refractivity contribution in [2.45, 2.75) is 13.3 Å². The predicted octanol–water partition coefficient (Wildman–Crippen LogP) is -0.00618. The Morgan fingerprint density at radius 3 is 2.74 bits per heavy atom. The zero-order valence-electron chi connectivity index (χ0n) is 13.1. The van der Waals surface area contributed by atoms with Gasteiger partial charge in [-0.3, -0.25) is 9.80 Å². The molecule has 2 aromatic rings. The zero-order valence-corrected chi connectivity index (χ0v) is 13.9. The second-order valence-electron chi connectivity index (χ2n) is 5.64. The molecule has 0 amide bonds. The van der Waals surface area contributed by atoms with Gasteiger partial charge >= 0.3 is 0 Å². The topological polar surface area (TPSA) is 73.6 Å². The van der Waals surface area contributed by atoms with Crippen LogP contribution in [-0.4, -0.2) is 48.6 Å². The van der Waals surface area contributed by atoms with Crippen LogP contribution in [0.3, 0.4) is 0 Å². The first kappa shape index (κ1) is 15.9. The van der Waals surface area contributed by atoms with E-state index >= 15 is 0 Å². The van der Waals surface area contributed by atoms with Gasteiger partial charge in [-0.05, 0) is 13.0 Å². The lowest BCUT2D eigenvalue weighted by Gasteiger charge is -2.30. The molecule has 0 saturated carbocycles. The number of carbonyl (C=O) groups is 1. The smallest absolute Gasteiger partial charge is 0.274 e. The van der Waals surface area contributed by atoms with Crippen LogP contribution >= 0.6 is 11.3 Å². The Labute approximate surface area is 139 Å². The lowest BCUT2D eigenvalue weighted by molar-refractivity contribution is -0.364. The minimum Gasteiger partial charge on any atom is -0.544 e. The van der Waals surface area contributed by atoms with E-state index in [4.69, 9.17) is 0 Å². The van der Waals surface area contributed by atoms with Crippen molar-refractivity contribution in [3.63, 3.8) is 0 Å². The minimum absolute atomic E-state index is 0.254. The molecule has 7 heteroatoms. The second-order valence-corrected chi connectivity index (χ2v) is 6.72. The van der Waals surface area contributed by atoms with Crippen LogP contribution in [0.2, 0.25) is 0 Å². The fraction of sp³-hybridized carbons (Fsp3) is 0.438. The van der Waals surface area contributed by atoms with Crippen molar-refractivity contribution < 1.29 is 14.9 Å². The van der Waals surface area contributed by atoms with Crippen molar-refractivity contribution in [2.24, 2.45) is 0 Å². The van der Waals surface area contributed by atoms with Gasteiger partial charge in [-0.25, -0.2) is 9.97 Å². The SMILES string of the molecule is Cc1nc(CCN2CCN(c3cccc[nH+]3)CC2)sc1C(=O)[O-]. The summed E-state index contributed by atoms with van der Waals surface area (Å²) >= 11 is 1.24. The quantitative estimate of drug-likeness (QED) is 0.770. The number of carbonyl (C=O) groups excluding carboxylic acids is 1. The lowest BCUT2D eigenvalue weighted by atomic mass is 10.3. The van der Waals surface area contributed by atoms with Gasteiger partial charge in [0, 0.05) is 32.1 Å². The molecule has 1 aliphatic heterocycles. The standard InChI is InChI=1S/C16H20N4O2S/c1-12-15(16(21)22)23-14(18-12)5-7-19-8-10-20(11-9-19)13-4-2-3-6-17-13/h2-4,6H,5,7-11H2,1H3,(H,21,22). The van der Waals surface area contributed by atoms with Gasteiger partial charge in [-0.15, -0.1) is 11.3 Å². The van der Waals surface area contributed by atoms with Crippen LogP contribution in [0.1, 0.15) is 20.4 Å². The Morgan fingerprint density at radius 2 is 2.13 bits per heavy atom. The second kappa shape index (κ2) is 7.06. The molecule has 0 spiro atoms. The number of carboxylic acid groups (broad SMARTS) is 1. The maximum atomic E-state index is 11.0. The molecule has 1 saturated heterocycles. The van der Waals surface area contributed by atoms with Gasteiger partial charge in [0.1, 0.15) is 0 Å². The number of carboxylic acids is 1. The number of aromatic carboxylic acids is 1. The van der Waals surface area contributed by atoms with Crippen LogP contribution < -0.4 is 15.0 Å². The van der Waals surface area contributed by atoms with Gasteiger partial charge in [0.15, 0.2) is 0 Å². The van der Waals surface area contributed by atoms with Crippen molar-refractivity contribution >= 4 is 23.1 Å².